The molecule has 0 saturated heterocycles. The van der Waals surface area contributed by atoms with Crippen LogP contribution < -0.4 is 21.1 Å². The van der Waals surface area contributed by atoms with Gasteiger partial charge in [0.1, 0.15) is 15.6 Å². The van der Waals surface area contributed by atoms with E-state index in [0.29, 0.717) is 34.8 Å². The summed E-state index contributed by atoms with van der Waals surface area (Å²) in [5.74, 6) is 1.09. The van der Waals surface area contributed by atoms with Gasteiger partial charge >= 0.3 is 0 Å². The Morgan fingerprint density at radius 3 is 2.95 bits per heavy atom. The van der Waals surface area contributed by atoms with E-state index in [1.807, 2.05) is 0 Å². The number of carbonyl (C=O) groups excluding carboxylic acids is 1. The zero-order chi connectivity index (χ0) is 14.7. The summed E-state index contributed by atoms with van der Waals surface area (Å²) in [5, 5.41) is 7.00. The molecule has 1 aliphatic rings. The largest absolute Gasteiger partial charge is 0.492 e. The number of carbonyl (C=O) groups is 1. The van der Waals surface area contributed by atoms with E-state index < -0.39 is 0 Å². The number of hydrogen-bond acceptors (Lipinski definition) is 5. The molecule has 1 aliphatic carbocycles. The van der Waals surface area contributed by atoms with Crippen molar-refractivity contribution in [2.45, 2.75) is 25.8 Å². The Hall–Kier alpha value is -1.69. The Morgan fingerprint density at radius 1 is 1.65 bits per heavy atom. The summed E-state index contributed by atoms with van der Waals surface area (Å²) in [5.41, 5.74) is 6.41. The predicted octanol–water partition coefficient (Wildman–Crippen LogP) is 2.47. The second kappa shape index (κ2) is 6.17. The van der Waals surface area contributed by atoms with Gasteiger partial charge in [0.05, 0.1) is 7.11 Å². The number of nitrogens with two attached hydrogens (primary N) is 1. The van der Waals surface area contributed by atoms with Gasteiger partial charge in [0, 0.05) is 12.6 Å². The highest BCUT2D eigenvalue weighted by Gasteiger charge is 2.36. The van der Waals surface area contributed by atoms with Gasteiger partial charge in [0.15, 0.2) is 5.75 Å². The van der Waals surface area contributed by atoms with Crippen molar-refractivity contribution in [2.75, 3.05) is 24.7 Å². The molecule has 0 radical (unpaired) electrons. The molecule has 0 spiro atoms. The number of anilines is 2. The van der Waals surface area contributed by atoms with Gasteiger partial charge in [-0.15, -0.1) is 17.9 Å². The number of thiophene rings is 1. The normalized spacial score (nSPS) is 20.3. The molecule has 1 heterocycles. The van der Waals surface area contributed by atoms with Gasteiger partial charge < -0.3 is 21.1 Å². The van der Waals surface area contributed by atoms with Gasteiger partial charge in [0.25, 0.3) is 5.91 Å². The van der Waals surface area contributed by atoms with E-state index in [1.165, 1.54) is 11.3 Å². The first kappa shape index (κ1) is 14.7. The highest BCUT2D eigenvalue weighted by Crippen LogP contribution is 2.46. The Bertz CT molecular complexity index is 513. The van der Waals surface area contributed by atoms with Crippen LogP contribution in [0, 0.1) is 5.92 Å². The molecule has 0 aliphatic heterocycles. The Morgan fingerprint density at radius 2 is 2.40 bits per heavy atom. The molecule has 2 rings (SSSR count). The zero-order valence-corrected chi connectivity index (χ0v) is 12.7. The molecular formula is C14H21N3O2S. The minimum Gasteiger partial charge on any atom is -0.492 e. The fourth-order valence-electron chi connectivity index (χ4n) is 2.18. The molecular weight excluding hydrogens is 274 g/mol. The zero-order valence-electron chi connectivity index (χ0n) is 11.9. The van der Waals surface area contributed by atoms with Crippen LogP contribution >= 0.6 is 11.3 Å². The van der Waals surface area contributed by atoms with Crippen LogP contribution in [0.2, 0.25) is 0 Å². The molecule has 1 amide bonds. The van der Waals surface area contributed by atoms with Crippen LogP contribution in [0.15, 0.2) is 12.7 Å². The summed E-state index contributed by atoms with van der Waals surface area (Å²) in [6.07, 6.45) is 3.96. The van der Waals surface area contributed by atoms with Crippen LogP contribution in [0.5, 0.6) is 5.75 Å². The third-order valence-electron chi connectivity index (χ3n) is 3.48. The van der Waals surface area contributed by atoms with Crippen molar-refractivity contribution in [2.24, 2.45) is 5.92 Å². The maximum atomic E-state index is 12.0. The quantitative estimate of drug-likeness (QED) is 0.675. The van der Waals surface area contributed by atoms with Gasteiger partial charge in [-0.3, -0.25) is 4.79 Å². The topological polar surface area (TPSA) is 76.4 Å². The van der Waals surface area contributed by atoms with Crippen LogP contribution in [0.25, 0.3) is 0 Å². The summed E-state index contributed by atoms with van der Waals surface area (Å²) in [6, 6.07) is 0.469. The Balaban J connectivity index is 2.15. The molecule has 2 unspecified atom stereocenters. The molecule has 2 atom stereocenters. The number of hydrogen-bond donors (Lipinski definition) is 3. The van der Waals surface area contributed by atoms with Crippen LogP contribution in [-0.2, 0) is 0 Å². The number of ether oxygens (including phenoxy) is 1. The SMILES string of the molecule is C=CCNC(=O)c1sc(NC2CC2CC)c(OC)c1N. The van der Waals surface area contributed by atoms with Gasteiger partial charge in [-0.25, -0.2) is 0 Å². The lowest BCUT2D eigenvalue weighted by Gasteiger charge is -2.05. The molecule has 4 N–H and O–H groups in total. The second-order valence-corrected chi connectivity index (χ2v) is 5.88. The van der Waals surface area contributed by atoms with Gasteiger partial charge in [-0.1, -0.05) is 19.4 Å². The van der Waals surface area contributed by atoms with Crippen molar-refractivity contribution in [1.82, 2.24) is 5.32 Å². The molecule has 110 valence electrons. The van der Waals surface area contributed by atoms with Crippen molar-refractivity contribution in [1.29, 1.82) is 0 Å². The molecule has 5 nitrogen and oxygen atoms in total. The highest BCUT2D eigenvalue weighted by molar-refractivity contribution is 7.19. The third-order valence-corrected chi connectivity index (χ3v) is 4.60. The Labute approximate surface area is 123 Å². The Kier molecular flexibility index (Phi) is 4.54. The lowest BCUT2D eigenvalue weighted by molar-refractivity contribution is 0.0962. The standard InChI is InChI=1S/C14H21N3O2S/c1-4-6-16-13(18)12-10(15)11(19-3)14(20-12)17-9-7-8(9)5-2/h4,8-9,17H,1,5-7,15H2,2-3H3,(H,16,18). The summed E-state index contributed by atoms with van der Waals surface area (Å²) in [6.45, 7) is 6.17. The lowest BCUT2D eigenvalue weighted by Crippen LogP contribution is -2.23. The van der Waals surface area contributed by atoms with Gasteiger partial charge in [-0.2, -0.15) is 0 Å². The highest BCUT2D eigenvalue weighted by atomic mass is 32.1. The van der Waals surface area contributed by atoms with E-state index in [-0.39, 0.29) is 5.91 Å². The summed E-state index contributed by atoms with van der Waals surface area (Å²) < 4.78 is 5.33. The summed E-state index contributed by atoms with van der Waals surface area (Å²) in [4.78, 5) is 12.5. The average Bonchev–Trinajstić information content (AvgIpc) is 3.12. The molecule has 0 bridgehead atoms. The van der Waals surface area contributed by atoms with E-state index in [1.54, 1.807) is 13.2 Å². The van der Waals surface area contributed by atoms with Crippen LogP contribution in [0.3, 0.4) is 0 Å². The van der Waals surface area contributed by atoms with E-state index in [0.717, 1.165) is 17.8 Å². The first-order valence-corrected chi connectivity index (χ1v) is 7.55. The fraction of sp³-hybridized carbons (Fsp3) is 0.500. The first-order chi connectivity index (χ1) is 9.62. The molecule has 1 aromatic rings. The molecule has 1 saturated carbocycles. The fourth-order valence-corrected chi connectivity index (χ4v) is 3.25. The number of nitrogens with one attached hydrogen (secondary N) is 2. The van der Waals surface area contributed by atoms with Crippen LogP contribution in [0.4, 0.5) is 10.7 Å². The van der Waals surface area contributed by atoms with Crippen LogP contribution in [-0.4, -0.2) is 25.6 Å². The minimum absolute atomic E-state index is 0.193. The lowest BCUT2D eigenvalue weighted by atomic mass is 10.3. The monoisotopic (exact) mass is 295 g/mol. The van der Waals surface area contributed by atoms with Gasteiger partial charge in [0.2, 0.25) is 0 Å². The van der Waals surface area contributed by atoms with Crippen molar-refractivity contribution in [3.8, 4) is 5.75 Å². The predicted molar refractivity (Wildman–Crippen MR) is 83.6 cm³/mol. The maximum Gasteiger partial charge on any atom is 0.263 e. The van der Waals surface area contributed by atoms with Crippen molar-refractivity contribution in [3.05, 3.63) is 17.5 Å². The number of rotatable bonds is 7. The van der Waals surface area contributed by atoms with E-state index in [2.05, 4.69) is 24.1 Å². The summed E-state index contributed by atoms with van der Waals surface area (Å²) >= 11 is 1.34. The smallest absolute Gasteiger partial charge is 0.263 e. The number of methoxy groups -OCH3 is 1. The van der Waals surface area contributed by atoms with Crippen molar-refractivity contribution < 1.29 is 9.53 Å². The van der Waals surface area contributed by atoms with E-state index in [4.69, 9.17) is 10.5 Å². The maximum absolute atomic E-state index is 12.0. The second-order valence-electron chi connectivity index (χ2n) is 4.86. The molecule has 6 heteroatoms. The van der Waals surface area contributed by atoms with Crippen LogP contribution in [0.1, 0.15) is 29.4 Å². The van der Waals surface area contributed by atoms with Crippen molar-refractivity contribution in [3.63, 3.8) is 0 Å². The number of amides is 1. The average molecular weight is 295 g/mol. The number of nitrogen functional groups attached to an aromatic ring is 1. The molecule has 20 heavy (non-hydrogen) atoms. The summed E-state index contributed by atoms with van der Waals surface area (Å²) in [7, 11) is 1.57. The first-order valence-electron chi connectivity index (χ1n) is 6.74. The third kappa shape index (κ3) is 2.90. The van der Waals surface area contributed by atoms with Crippen molar-refractivity contribution >= 4 is 27.9 Å². The van der Waals surface area contributed by atoms with E-state index in [9.17, 15) is 4.79 Å². The molecule has 1 fully saturated rings. The molecule has 1 aromatic heterocycles. The van der Waals surface area contributed by atoms with Gasteiger partial charge in [-0.05, 0) is 12.3 Å². The molecule has 0 aromatic carbocycles. The van der Waals surface area contributed by atoms with E-state index >= 15 is 0 Å². The minimum atomic E-state index is -0.193.